The van der Waals surface area contributed by atoms with E-state index in [4.69, 9.17) is 4.74 Å². The number of halogens is 3. The van der Waals surface area contributed by atoms with Crippen LogP contribution in [0.25, 0.3) is 16.6 Å². The average Bonchev–Trinajstić information content (AvgIpc) is 3.56. The van der Waals surface area contributed by atoms with Gasteiger partial charge in [-0.3, -0.25) is 14.4 Å². The molecule has 0 spiro atoms. The van der Waals surface area contributed by atoms with Crippen molar-refractivity contribution in [2.75, 3.05) is 18.5 Å². The zero-order chi connectivity index (χ0) is 28.4. The molecular weight excluding hydrogens is 529 g/mol. The minimum absolute atomic E-state index is 0.0162. The van der Waals surface area contributed by atoms with Gasteiger partial charge in [0.2, 0.25) is 0 Å². The van der Waals surface area contributed by atoms with Crippen LogP contribution in [0.5, 0.6) is 5.75 Å². The number of hydrogen-bond acceptors (Lipinski definition) is 6. The summed E-state index contributed by atoms with van der Waals surface area (Å²) in [5, 5.41) is 6.92. The minimum atomic E-state index is -4.85. The quantitative estimate of drug-likeness (QED) is 0.336. The predicted molar refractivity (Wildman–Crippen MR) is 138 cm³/mol. The lowest BCUT2D eigenvalue weighted by atomic mass is 10.0. The van der Waals surface area contributed by atoms with Crippen molar-refractivity contribution < 1.29 is 37.0 Å². The second kappa shape index (κ2) is 10.7. The van der Waals surface area contributed by atoms with Gasteiger partial charge in [-0.15, -0.1) is 13.2 Å². The van der Waals surface area contributed by atoms with Gasteiger partial charge >= 0.3 is 12.3 Å². The van der Waals surface area contributed by atoms with E-state index in [0.29, 0.717) is 23.2 Å². The number of hydrogen-bond donors (Lipinski definition) is 1. The van der Waals surface area contributed by atoms with Crippen LogP contribution < -0.4 is 15.0 Å². The van der Waals surface area contributed by atoms with Crippen molar-refractivity contribution in [3.05, 3.63) is 84.2 Å². The number of carbonyl (C=O) groups is 3. The Balaban J connectivity index is 1.47. The molecule has 0 bridgehead atoms. The summed E-state index contributed by atoms with van der Waals surface area (Å²) in [6, 6.07) is 15.1. The average molecular weight is 553 g/mol. The van der Waals surface area contributed by atoms with Crippen LogP contribution in [0.1, 0.15) is 33.6 Å². The summed E-state index contributed by atoms with van der Waals surface area (Å²) in [4.78, 5) is 38.7. The third-order valence-electron chi connectivity index (χ3n) is 6.44. The van der Waals surface area contributed by atoms with E-state index in [0.717, 1.165) is 23.3 Å². The van der Waals surface area contributed by atoms with Gasteiger partial charge in [0, 0.05) is 42.0 Å². The minimum Gasteiger partial charge on any atom is -0.460 e. The van der Waals surface area contributed by atoms with Crippen LogP contribution in [0.4, 0.5) is 18.9 Å². The number of rotatable bonds is 7. The van der Waals surface area contributed by atoms with Crippen LogP contribution in [0.15, 0.2) is 73.1 Å². The molecule has 3 heterocycles. The second-order valence-electron chi connectivity index (χ2n) is 9.07. The van der Waals surface area contributed by atoms with Gasteiger partial charge in [-0.2, -0.15) is 5.10 Å². The second-order valence-corrected chi connectivity index (χ2v) is 9.07. The summed E-state index contributed by atoms with van der Waals surface area (Å²) in [5.41, 5.74) is 3.22. The molecule has 0 saturated carbocycles. The molecule has 2 aromatic carbocycles. The van der Waals surface area contributed by atoms with E-state index in [1.54, 1.807) is 60.4 Å². The van der Waals surface area contributed by atoms with Crippen molar-refractivity contribution in [2.24, 2.45) is 0 Å². The Labute approximate surface area is 226 Å². The molecule has 2 amide bonds. The maximum Gasteiger partial charge on any atom is 0.573 e. The fourth-order valence-electron chi connectivity index (χ4n) is 4.49. The van der Waals surface area contributed by atoms with Crippen LogP contribution in [-0.4, -0.2) is 53.5 Å². The highest BCUT2D eigenvalue weighted by Crippen LogP contribution is 2.29. The first kappa shape index (κ1) is 26.7. The Morgan fingerprint density at radius 1 is 1.10 bits per heavy atom. The van der Waals surface area contributed by atoms with Crippen LogP contribution in [0.3, 0.4) is 0 Å². The molecule has 1 aliphatic rings. The first-order chi connectivity index (χ1) is 19.1. The number of esters is 1. The molecule has 4 aromatic rings. The van der Waals surface area contributed by atoms with Crippen molar-refractivity contribution in [3.63, 3.8) is 0 Å². The molecule has 1 aliphatic heterocycles. The van der Waals surface area contributed by atoms with Crippen molar-refractivity contribution in [1.29, 1.82) is 0 Å². The summed E-state index contributed by atoms with van der Waals surface area (Å²) in [6.07, 6.45) is -1.51. The molecule has 0 unspecified atom stereocenters. The Morgan fingerprint density at radius 3 is 2.45 bits per heavy atom. The molecule has 1 saturated heterocycles. The number of amides is 2. The highest BCUT2D eigenvalue weighted by Gasteiger charge is 2.32. The molecular formula is C28H23F3N4O5. The Morgan fingerprint density at radius 2 is 1.82 bits per heavy atom. The molecule has 0 aliphatic carbocycles. The molecule has 1 N–H and O–H groups in total. The number of alkyl halides is 3. The number of nitrogens with zero attached hydrogens (tertiary/aromatic N) is 3. The Hall–Kier alpha value is -4.87. The number of carbonyl (C=O) groups excluding carboxylic acids is 3. The first-order valence-corrected chi connectivity index (χ1v) is 12.3. The van der Waals surface area contributed by atoms with Crippen LogP contribution >= 0.6 is 0 Å². The van der Waals surface area contributed by atoms with E-state index in [9.17, 15) is 27.6 Å². The fraction of sp³-hybridized carbons (Fsp3) is 0.214. The highest BCUT2D eigenvalue weighted by molar-refractivity contribution is 6.07. The number of fused-ring (bicyclic) bond motifs is 1. The van der Waals surface area contributed by atoms with Gasteiger partial charge in [0.15, 0.2) is 0 Å². The van der Waals surface area contributed by atoms with Crippen molar-refractivity contribution in [2.45, 2.75) is 25.3 Å². The van der Waals surface area contributed by atoms with Gasteiger partial charge in [-0.05, 0) is 60.5 Å². The smallest absolute Gasteiger partial charge is 0.460 e. The van der Waals surface area contributed by atoms with E-state index in [2.05, 4.69) is 15.2 Å². The van der Waals surface area contributed by atoms with E-state index < -0.39 is 24.1 Å². The number of aromatic nitrogens is 2. The molecule has 0 radical (unpaired) electrons. The summed E-state index contributed by atoms with van der Waals surface area (Å²) in [6.45, 7) is 0.0162. The summed E-state index contributed by atoms with van der Waals surface area (Å²) in [5.74, 6) is -1.47. The number of nitrogens with one attached hydrogen (secondary N) is 1. The molecule has 1 fully saturated rings. The van der Waals surface area contributed by atoms with Gasteiger partial charge in [0.1, 0.15) is 11.9 Å². The molecule has 1 atom stereocenters. The summed E-state index contributed by atoms with van der Waals surface area (Å²) >= 11 is 0. The zero-order valence-electron chi connectivity index (χ0n) is 21.1. The van der Waals surface area contributed by atoms with E-state index in [1.165, 1.54) is 17.0 Å². The molecule has 12 heteroatoms. The lowest BCUT2D eigenvalue weighted by Gasteiger charge is -2.26. The maximum atomic E-state index is 13.8. The SMILES string of the molecule is CNC(=O)c1ccc(-c2cnn3ccc(C(=O)N(C[C@H]4CCC(=O)O4)c4ccc(OC(F)(F)F)cc4)cc23)cc1. The molecule has 40 heavy (non-hydrogen) atoms. The standard InChI is InChI=1S/C28H23F3N4O5/c1-32-26(37)18-4-2-17(3-5-18)23-15-33-35-13-12-19(14-24(23)35)27(38)34(16-22-10-11-25(36)39-22)20-6-8-21(9-7-20)40-28(29,30)31/h2-9,12-15,22H,10-11,16H2,1H3,(H,32,37)/t22-/m1/s1. The van der Waals surface area contributed by atoms with E-state index in [-0.39, 0.29) is 30.4 Å². The largest absolute Gasteiger partial charge is 0.573 e. The van der Waals surface area contributed by atoms with E-state index >= 15 is 0 Å². The number of benzene rings is 2. The summed E-state index contributed by atoms with van der Waals surface area (Å²) < 4.78 is 48.7. The van der Waals surface area contributed by atoms with Gasteiger partial charge in [-0.25, -0.2) is 4.52 Å². The third-order valence-corrected chi connectivity index (χ3v) is 6.44. The number of pyridine rings is 1. The van der Waals surface area contributed by atoms with Gasteiger partial charge in [0.25, 0.3) is 11.8 Å². The monoisotopic (exact) mass is 552 g/mol. The Bertz CT molecular complexity index is 1570. The van der Waals surface area contributed by atoms with Gasteiger partial charge in [-0.1, -0.05) is 12.1 Å². The first-order valence-electron chi connectivity index (χ1n) is 12.3. The van der Waals surface area contributed by atoms with Gasteiger partial charge in [0.05, 0.1) is 18.3 Å². The fourth-order valence-corrected chi connectivity index (χ4v) is 4.49. The number of anilines is 1. The zero-order valence-corrected chi connectivity index (χ0v) is 21.1. The molecule has 9 nitrogen and oxygen atoms in total. The molecule has 2 aromatic heterocycles. The van der Waals surface area contributed by atoms with E-state index in [1.807, 2.05) is 0 Å². The number of cyclic esters (lactones) is 1. The molecule has 206 valence electrons. The Kier molecular flexibility index (Phi) is 7.16. The highest BCUT2D eigenvalue weighted by atomic mass is 19.4. The summed E-state index contributed by atoms with van der Waals surface area (Å²) in [7, 11) is 1.55. The van der Waals surface area contributed by atoms with Gasteiger partial charge < -0.3 is 19.7 Å². The van der Waals surface area contributed by atoms with Crippen molar-refractivity contribution in [3.8, 4) is 16.9 Å². The van der Waals surface area contributed by atoms with Crippen LogP contribution in [-0.2, 0) is 9.53 Å². The van der Waals surface area contributed by atoms with Crippen LogP contribution in [0, 0.1) is 0 Å². The predicted octanol–water partition coefficient (Wildman–Crippen LogP) is 4.61. The van der Waals surface area contributed by atoms with Crippen LogP contribution in [0.2, 0.25) is 0 Å². The van der Waals surface area contributed by atoms with Crippen molar-refractivity contribution >= 4 is 29.0 Å². The van der Waals surface area contributed by atoms with Crippen molar-refractivity contribution in [1.82, 2.24) is 14.9 Å². The normalized spacial score (nSPS) is 15.1. The maximum absolute atomic E-state index is 13.8. The topological polar surface area (TPSA) is 102 Å². The third kappa shape index (κ3) is 5.75. The lowest BCUT2D eigenvalue weighted by Crippen LogP contribution is -2.37. The number of ether oxygens (including phenoxy) is 2. The molecule has 5 rings (SSSR count). The lowest BCUT2D eigenvalue weighted by molar-refractivity contribution is -0.274.